The maximum Gasteiger partial charge on any atom is 0.266 e. The van der Waals surface area contributed by atoms with Gasteiger partial charge in [0.05, 0.1) is 10.0 Å². The zero-order valence-corrected chi connectivity index (χ0v) is 16.7. The van der Waals surface area contributed by atoms with Gasteiger partial charge in [-0.3, -0.25) is 4.79 Å². The van der Waals surface area contributed by atoms with Crippen LogP contribution in [0.15, 0.2) is 70.7 Å². The van der Waals surface area contributed by atoms with Crippen LogP contribution in [0.2, 0.25) is 10.0 Å². The Balaban J connectivity index is 1.46. The van der Waals surface area contributed by atoms with Crippen molar-refractivity contribution >= 4 is 40.9 Å². The highest BCUT2D eigenvalue weighted by molar-refractivity contribution is 6.42. The number of amides is 1. The summed E-state index contributed by atoms with van der Waals surface area (Å²) < 4.78 is 5.88. The summed E-state index contributed by atoms with van der Waals surface area (Å²) in [7, 11) is 0. The summed E-state index contributed by atoms with van der Waals surface area (Å²) in [4.78, 5) is 12.4. The lowest BCUT2D eigenvalue weighted by Crippen LogP contribution is -2.13. The number of carbonyl (C=O) groups excluding carboxylic acids is 1. The van der Waals surface area contributed by atoms with E-state index in [-0.39, 0.29) is 5.57 Å². The molecular weight excluding hydrogens is 407 g/mol. The maximum absolute atomic E-state index is 12.4. The van der Waals surface area contributed by atoms with Crippen molar-refractivity contribution < 1.29 is 9.21 Å². The van der Waals surface area contributed by atoms with E-state index in [4.69, 9.17) is 27.6 Å². The van der Waals surface area contributed by atoms with E-state index in [1.807, 2.05) is 30.3 Å². The number of rotatable bonds is 5. The van der Waals surface area contributed by atoms with Crippen LogP contribution in [-0.4, -0.2) is 5.91 Å². The quantitative estimate of drug-likeness (QED) is 0.381. The van der Waals surface area contributed by atoms with E-state index < -0.39 is 5.91 Å². The van der Waals surface area contributed by atoms with Crippen molar-refractivity contribution in [2.24, 2.45) is 0 Å². The molecule has 4 nitrogen and oxygen atoms in total. The van der Waals surface area contributed by atoms with Crippen molar-refractivity contribution in [1.29, 1.82) is 5.26 Å². The molecule has 0 spiro atoms. The van der Waals surface area contributed by atoms with Crippen molar-refractivity contribution in [3.63, 3.8) is 0 Å². The van der Waals surface area contributed by atoms with Crippen LogP contribution >= 0.6 is 23.2 Å². The first kappa shape index (κ1) is 19.3. The summed E-state index contributed by atoms with van der Waals surface area (Å²) in [5, 5.41) is 12.7. The first-order valence-corrected chi connectivity index (χ1v) is 9.83. The molecule has 1 saturated carbocycles. The van der Waals surface area contributed by atoms with E-state index in [1.165, 1.54) is 17.7 Å². The van der Waals surface area contributed by atoms with Gasteiger partial charge in [-0.05, 0) is 48.2 Å². The van der Waals surface area contributed by atoms with Crippen LogP contribution in [-0.2, 0) is 4.79 Å². The fourth-order valence-electron chi connectivity index (χ4n) is 3.29. The van der Waals surface area contributed by atoms with E-state index in [2.05, 4.69) is 17.4 Å². The number of carbonyl (C=O) groups is 1. The van der Waals surface area contributed by atoms with Crippen molar-refractivity contribution in [3.05, 3.63) is 93.4 Å². The van der Waals surface area contributed by atoms with Crippen LogP contribution in [0.3, 0.4) is 0 Å². The number of nitriles is 1. The number of nitrogens with one attached hydrogen (secondary N) is 1. The molecule has 1 heterocycles. The first-order valence-electron chi connectivity index (χ1n) is 9.08. The SMILES string of the molecule is N#C/C(=C\c1ccc([C@@H]2C[C@H]2c2ccccc2)o1)C(=O)Nc1ccc(Cl)c(Cl)c1. The second kappa shape index (κ2) is 8.16. The molecular formula is C23H16Cl2N2O2. The van der Waals surface area contributed by atoms with E-state index >= 15 is 0 Å². The molecule has 1 fully saturated rings. The minimum atomic E-state index is -0.544. The molecule has 6 heteroatoms. The fourth-order valence-corrected chi connectivity index (χ4v) is 3.58. The molecule has 3 aromatic rings. The molecule has 2 atom stereocenters. The second-order valence-electron chi connectivity index (χ2n) is 6.85. The van der Waals surface area contributed by atoms with Gasteiger partial charge in [-0.25, -0.2) is 0 Å². The van der Waals surface area contributed by atoms with Crippen molar-refractivity contribution in [1.82, 2.24) is 0 Å². The number of anilines is 1. The molecule has 1 aliphatic carbocycles. The highest BCUT2D eigenvalue weighted by Gasteiger charge is 2.41. The lowest BCUT2D eigenvalue weighted by molar-refractivity contribution is -0.112. The Labute approximate surface area is 178 Å². The average Bonchev–Trinajstić information content (AvgIpc) is 3.40. The molecule has 0 radical (unpaired) electrons. The third kappa shape index (κ3) is 4.37. The number of hydrogen-bond donors (Lipinski definition) is 1. The Bertz CT molecular complexity index is 1130. The average molecular weight is 423 g/mol. The van der Waals surface area contributed by atoms with Gasteiger partial charge in [-0.15, -0.1) is 0 Å². The molecule has 0 bridgehead atoms. The molecule has 2 aromatic carbocycles. The maximum atomic E-state index is 12.4. The Morgan fingerprint density at radius 2 is 1.86 bits per heavy atom. The second-order valence-corrected chi connectivity index (χ2v) is 7.67. The van der Waals surface area contributed by atoms with Gasteiger partial charge < -0.3 is 9.73 Å². The number of nitrogens with zero attached hydrogens (tertiary/aromatic N) is 1. The number of furan rings is 1. The number of halogens is 2. The van der Waals surface area contributed by atoms with Gasteiger partial charge in [0.1, 0.15) is 23.2 Å². The molecule has 29 heavy (non-hydrogen) atoms. The van der Waals surface area contributed by atoms with Gasteiger partial charge in [0.15, 0.2) is 0 Å². The summed E-state index contributed by atoms with van der Waals surface area (Å²) >= 11 is 11.8. The fraction of sp³-hybridized carbons (Fsp3) is 0.130. The van der Waals surface area contributed by atoms with Crippen LogP contribution in [0.25, 0.3) is 6.08 Å². The standard InChI is InChI=1S/C23H16Cl2N2O2/c24-20-8-6-16(11-21(20)25)27-23(28)15(13-26)10-17-7-9-22(29-17)19-12-18(19)14-4-2-1-3-5-14/h1-11,18-19H,12H2,(H,27,28)/b15-10+/t18-,19+/m0/s1. The van der Waals surface area contributed by atoms with Crippen LogP contribution in [0.1, 0.15) is 35.3 Å². The lowest BCUT2D eigenvalue weighted by atomic mass is 10.1. The predicted octanol–water partition coefficient (Wildman–Crippen LogP) is 6.40. The van der Waals surface area contributed by atoms with Crippen LogP contribution in [0, 0.1) is 11.3 Å². The van der Waals surface area contributed by atoms with Gasteiger partial charge in [-0.1, -0.05) is 53.5 Å². The van der Waals surface area contributed by atoms with Crippen LogP contribution in [0.5, 0.6) is 0 Å². The predicted molar refractivity (Wildman–Crippen MR) is 114 cm³/mol. The molecule has 0 unspecified atom stereocenters. The lowest BCUT2D eigenvalue weighted by Gasteiger charge is -2.05. The van der Waals surface area contributed by atoms with Gasteiger partial charge >= 0.3 is 0 Å². The van der Waals surface area contributed by atoms with E-state index in [1.54, 1.807) is 18.2 Å². The molecule has 1 aliphatic rings. The minimum Gasteiger partial charge on any atom is -0.461 e. The van der Waals surface area contributed by atoms with E-state index in [0.29, 0.717) is 33.3 Å². The van der Waals surface area contributed by atoms with Crippen molar-refractivity contribution in [2.45, 2.75) is 18.3 Å². The summed E-state index contributed by atoms with van der Waals surface area (Å²) in [6, 6.07) is 20.6. The molecule has 0 saturated heterocycles. The zero-order chi connectivity index (χ0) is 20.4. The van der Waals surface area contributed by atoms with E-state index in [9.17, 15) is 10.1 Å². The molecule has 0 aliphatic heterocycles. The third-order valence-corrected chi connectivity index (χ3v) is 5.60. The summed E-state index contributed by atoms with van der Waals surface area (Å²) in [6.45, 7) is 0. The smallest absolute Gasteiger partial charge is 0.266 e. The first-order chi connectivity index (χ1) is 14.0. The zero-order valence-electron chi connectivity index (χ0n) is 15.2. The summed E-state index contributed by atoms with van der Waals surface area (Å²) in [6.07, 6.45) is 2.47. The van der Waals surface area contributed by atoms with Crippen molar-refractivity contribution in [2.75, 3.05) is 5.32 Å². The van der Waals surface area contributed by atoms with Gasteiger partial charge in [-0.2, -0.15) is 5.26 Å². The van der Waals surface area contributed by atoms with Gasteiger partial charge in [0.25, 0.3) is 5.91 Å². The highest BCUT2D eigenvalue weighted by atomic mass is 35.5. The normalized spacial score (nSPS) is 18.2. The Morgan fingerprint density at radius 3 is 2.59 bits per heavy atom. The van der Waals surface area contributed by atoms with Gasteiger partial charge in [0, 0.05) is 17.7 Å². The molecule has 1 N–H and O–H groups in total. The molecule has 4 rings (SSSR count). The largest absolute Gasteiger partial charge is 0.461 e. The molecule has 1 amide bonds. The molecule has 1 aromatic heterocycles. The van der Waals surface area contributed by atoms with Gasteiger partial charge in [0.2, 0.25) is 0 Å². The summed E-state index contributed by atoms with van der Waals surface area (Å²) in [5.74, 6) is 1.58. The number of hydrogen-bond acceptors (Lipinski definition) is 3. The number of benzene rings is 2. The van der Waals surface area contributed by atoms with E-state index in [0.717, 1.165) is 12.2 Å². The third-order valence-electron chi connectivity index (χ3n) is 4.86. The minimum absolute atomic E-state index is 0.0626. The molecule has 144 valence electrons. The highest BCUT2D eigenvalue weighted by Crippen LogP contribution is 2.54. The Kier molecular flexibility index (Phi) is 5.44. The van der Waals surface area contributed by atoms with Crippen molar-refractivity contribution in [3.8, 4) is 6.07 Å². The summed E-state index contributed by atoms with van der Waals surface area (Å²) in [5.41, 5.74) is 1.69. The topological polar surface area (TPSA) is 66.0 Å². The Hall–Kier alpha value is -3.00. The van der Waals surface area contributed by atoms with Crippen LogP contribution < -0.4 is 5.32 Å². The monoisotopic (exact) mass is 422 g/mol. The van der Waals surface area contributed by atoms with Crippen LogP contribution in [0.4, 0.5) is 5.69 Å². The Morgan fingerprint density at radius 1 is 1.07 bits per heavy atom.